The van der Waals surface area contributed by atoms with Crippen LogP contribution in [0, 0.1) is 5.92 Å². The number of likely N-dealkylation sites (N-methyl/N-ethyl adjacent to an activating group) is 1. The minimum absolute atomic E-state index is 0.765. The van der Waals surface area contributed by atoms with Gasteiger partial charge in [0.15, 0.2) is 0 Å². The molecule has 0 bridgehead atoms. The molecular weight excluding hydrogens is 160 g/mol. The van der Waals surface area contributed by atoms with Crippen LogP contribution < -0.4 is 5.32 Å². The van der Waals surface area contributed by atoms with Gasteiger partial charge in [-0.05, 0) is 38.8 Å². The van der Waals surface area contributed by atoms with Crippen molar-refractivity contribution < 1.29 is 0 Å². The van der Waals surface area contributed by atoms with Crippen LogP contribution in [0.25, 0.3) is 0 Å². The quantitative estimate of drug-likeness (QED) is 0.711. The first-order valence-corrected chi connectivity index (χ1v) is 5.78. The zero-order valence-corrected chi connectivity index (χ0v) is 8.76. The van der Waals surface area contributed by atoms with Crippen molar-refractivity contribution in [3.63, 3.8) is 0 Å². The monoisotopic (exact) mass is 182 g/mol. The van der Waals surface area contributed by atoms with Gasteiger partial charge in [-0.1, -0.05) is 12.8 Å². The van der Waals surface area contributed by atoms with Crippen LogP contribution in [0.3, 0.4) is 0 Å². The van der Waals surface area contributed by atoms with E-state index in [0.29, 0.717) is 0 Å². The van der Waals surface area contributed by atoms with Crippen molar-refractivity contribution in [1.82, 2.24) is 10.2 Å². The molecule has 0 radical (unpaired) electrons. The zero-order chi connectivity index (χ0) is 9.10. The SMILES string of the molecule is CN[C@@H]1CCN(CC2CCCC2)C1. The lowest BCUT2D eigenvalue weighted by atomic mass is 10.1. The average molecular weight is 182 g/mol. The smallest absolute Gasteiger partial charge is 0.0204 e. The first-order chi connectivity index (χ1) is 6.38. The van der Waals surface area contributed by atoms with Gasteiger partial charge < -0.3 is 10.2 Å². The molecule has 1 N–H and O–H groups in total. The summed E-state index contributed by atoms with van der Waals surface area (Å²) >= 11 is 0. The number of hydrogen-bond acceptors (Lipinski definition) is 2. The van der Waals surface area contributed by atoms with Crippen LogP contribution >= 0.6 is 0 Å². The van der Waals surface area contributed by atoms with E-state index in [1.165, 1.54) is 51.7 Å². The Balaban J connectivity index is 1.70. The van der Waals surface area contributed by atoms with Crippen molar-refractivity contribution in [2.24, 2.45) is 5.92 Å². The number of nitrogens with zero attached hydrogens (tertiary/aromatic N) is 1. The number of hydrogen-bond donors (Lipinski definition) is 1. The fourth-order valence-electron chi connectivity index (χ4n) is 2.79. The molecule has 2 aliphatic rings. The summed E-state index contributed by atoms with van der Waals surface area (Å²) in [6.45, 7) is 3.98. The van der Waals surface area contributed by atoms with Crippen molar-refractivity contribution in [2.75, 3.05) is 26.7 Å². The van der Waals surface area contributed by atoms with Crippen molar-refractivity contribution in [1.29, 1.82) is 0 Å². The fourth-order valence-corrected chi connectivity index (χ4v) is 2.79. The molecule has 1 aliphatic carbocycles. The molecule has 13 heavy (non-hydrogen) atoms. The summed E-state index contributed by atoms with van der Waals surface area (Å²) in [6.07, 6.45) is 7.28. The van der Waals surface area contributed by atoms with Gasteiger partial charge in [0, 0.05) is 19.1 Å². The second-order valence-electron chi connectivity index (χ2n) is 4.68. The first kappa shape index (κ1) is 9.47. The largest absolute Gasteiger partial charge is 0.316 e. The van der Waals surface area contributed by atoms with Crippen LogP contribution in [-0.2, 0) is 0 Å². The van der Waals surface area contributed by atoms with Crippen molar-refractivity contribution in [2.45, 2.75) is 38.1 Å². The molecule has 2 rings (SSSR count). The summed E-state index contributed by atoms with van der Waals surface area (Å²) in [7, 11) is 2.09. The Hall–Kier alpha value is -0.0800. The summed E-state index contributed by atoms with van der Waals surface area (Å²) in [4.78, 5) is 2.65. The average Bonchev–Trinajstić information content (AvgIpc) is 2.76. The van der Waals surface area contributed by atoms with Gasteiger partial charge in [0.2, 0.25) is 0 Å². The van der Waals surface area contributed by atoms with E-state index in [1.54, 1.807) is 0 Å². The number of nitrogens with one attached hydrogen (secondary N) is 1. The Bertz CT molecular complexity index is 152. The van der Waals surface area contributed by atoms with E-state index in [-0.39, 0.29) is 0 Å². The van der Waals surface area contributed by atoms with E-state index in [4.69, 9.17) is 0 Å². The maximum absolute atomic E-state index is 3.38. The molecule has 2 fully saturated rings. The van der Waals surface area contributed by atoms with Gasteiger partial charge in [-0.3, -0.25) is 0 Å². The zero-order valence-electron chi connectivity index (χ0n) is 8.76. The van der Waals surface area contributed by atoms with E-state index >= 15 is 0 Å². The maximum Gasteiger partial charge on any atom is 0.0204 e. The van der Waals surface area contributed by atoms with Gasteiger partial charge in [0.1, 0.15) is 0 Å². The second-order valence-corrected chi connectivity index (χ2v) is 4.68. The lowest BCUT2D eigenvalue weighted by molar-refractivity contribution is 0.274. The predicted molar refractivity (Wildman–Crippen MR) is 55.9 cm³/mol. The summed E-state index contributed by atoms with van der Waals surface area (Å²) in [5.74, 6) is 1.02. The molecule has 0 aromatic carbocycles. The minimum Gasteiger partial charge on any atom is -0.316 e. The van der Waals surface area contributed by atoms with E-state index < -0.39 is 0 Å². The van der Waals surface area contributed by atoms with Crippen molar-refractivity contribution in [3.8, 4) is 0 Å². The third kappa shape index (κ3) is 2.44. The molecule has 76 valence electrons. The predicted octanol–water partition coefficient (Wildman–Crippen LogP) is 1.47. The van der Waals surface area contributed by atoms with Gasteiger partial charge in [0.05, 0.1) is 0 Å². The summed E-state index contributed by atoms with van der Waals surface area (Å²) in [5.41, 5.74) is 0. The molecule has 1 saturated carbocycles. The summed E-state index contributed by atoms with van der Waals surface area (Å²) < 4.78 is 0. The highest BCUT2D eigenvalue weighted by atomic mass is 15.2. The van der Waals surface area contributed by atoms with Crippen molar-refractivity contribution >= 4 is 0 Å². The van der Waals surface area contributed by atoms with Gasteiger partial charge >= 0.3 is 0 Å². The van der Waals surface area contributed by atoms with E-state index in [2.05, 4.69) is 17.3 Å². The number of rotatable bonds is 3. The highest BCUT2D eigenvalue weighted by Gasteiger charge is 2.24. The number of likely N-dealkylation sites (tertiary alicyclic amines) is 1. The maximum atomic E-state index is 3.38. The molecule has 1 heterocycles. The van der Waals surface area contributed by atoms with Gasteiger partial charge in [-0.2, -0.15) is 0 Å². The van der Waals surface area contributed by atoms with Crippen LogP contribution in [0.4, 0.5) is 0 Å². The summed E-state index contributed by atoms with van der Waals surface area (Å²) in [6, 6.07) is 0.765. The van der Waals surface area contributed by atoms with E-state index in [9.17, 15) is 0 Å². The molecule has 0 aromatic heterocycles. The fraction of sp³-hybridized carbons (Fsp3) is 1.00. The second kappa shape index (κ2) is 4.43. The third-order valence-corrected chi connectivity index (χ3v) is 3.67. The highest BCUT2D eigenvalue weighted by molar-refractivity contribution is 4.82. The molecule has 1 aliphatic heterocycles. The van der Waals surface area contributed by atoms with E-state index in [1.807, 2.05) is 0 Å². The van der Waals surface area contributed by atoms with Crippen LogP contribution in [-0.4, -0.2) is 37.6 Å². The topological polar surface area (TPSA) is 15.3 Å². The Kier molecular flexibility index (Phi) is 3.23. The molecule has 1 saturated heterocycles. The molecule has 0 aromatic rings. The van der Waals surface area contributed by atoms with Crippen molar-refractivity contribution in [3.05, 3.63) is 0 Å². The Labute approximate surface area is 81.7 Å². The highest BCUT2D eigenvalue weighted by Crippen LogP contribution is 2.26. The Morgan fingerprint density at radius 2 is 2.00 bits per heavy atom. The van der Waals surface area contributed by atoms with Crippen LogP contribution in [0.2, 0.25) is 0 Å². The van der Waals surface area contributed by atoms with Crippen LogP contribution in [0.5, 0.6) is 0 Å². The normalized spacial score (nSPS) is 31.6. The Morgan fingerprint density at radius 3 is 2.62 bits per heavy atom. The lowest BCUT2D eigenvalue weighted by Crippen LogP contribution is -2.31. The van der Waals surface area contributed by atoms with Crippen LogP contribution in [0.15, 0.2) is 0 Å². The minimum atomic E-state index is 0.765. The van der Waals surface area contributed by atoms with Gasteiger partial charge in [-0.25, -0.2) is 0 Å². The molecule has 1 atom stereocenters. The molecule has 0 unspecified atom stereocenters. The Morgan fingerprint density at radius 1 is 1.23 bits per heavy atom. The first-order valence-electron chi connectivity index (χ1n) is 5.78. The van der Waals surface area contributed by atoms with E-state index in [0.717, 1.165) is 12.0 Å². The van der Waals surface area contributed by atoms with Gasteiger partial charge in [-0.15, -0.1) is 0 Å². The molecule has 2 nitrogen and oxygen atoms in total. The molecule has 2 heteroatoms. The molecule has 0 spiro atoms. The summed E-state index contributed by atoms with van der Waals surface area (Å²) in [5, 5.41) is 3.38. The molecule has 0 amide bonds. The molecular formula is C11H22N2. The lowest BCUT2D eigenvalue weighted by Gasteiger charge is -2.19. The standard InChI is InChI=1S/C11H22N2/c1-12-11-6-7-13(9-11)8-10-4-2-3-5-10/h10-12H,2-9H2,1H3/t11-/m1/s1. The third-order valence-electron chi connectivity index (χ3n) is 3.67. The van der Waals surface area contributed by atoms with Crippen LogP contribution in [0.1, 0.15) is 32.1 Å². The van der Waals surface area contributed by atoms with Gasteiger partial charge in [0.25, 0.3) is 0 Å².